The van der Waals surface area contributed by atoms with Crippen LogP contribution in [0.2, 0.25) is 0 Å². The van der Waals surface area contributed by atoms with Gasteiger partial charge in [-0.2, -0.15) is 16.8 Å². The van der Waals surface area contributed by atoms with E-state index in [9.17, 15) is 45.1 Å². The van der Waals surface area contributed by atoms with Crippen molar-refractivity contribution in [3.8, 4) is 5.75 Å². The summed E-state index contributed by atoms with van der Waals surface area (Å²) < 4.78 is 78.8. The second-order valence-corrected chi connectivity index (χ2v) is 14.0. The van der Waals surface area contributed by atoms with E-state index in [1.807, 2.05) is 0 Å². The average molecular weight is 713 g/mol. The second kappa shape index (κ2) is 10.8. The van der Waals surface area contributed by atoms with E-state index in [0.717, 1.165) is 24.3 Å². The van der Waals surface area contributed by atoms with Gasteiger partial charge in [-0.05, 0) is 48.5 Å². The summed E-state index contributed by atoms with van der Waals surface area (Å²) in [6, 6.07) is 8.76. The van der Waals surface area contributed by atoms with Crippen LogP contribution in [-0.2, 0) is 29.6 Å². The Balaban J connectivity index is 1.73. The van der Waals surface area contributed by atoms with E-state index in [1.165, 1.54) is 31.4 Å². The molecule has 1 aromatic heterocycles. The van der Waals surface area contributed by atoms with Crippen LogP contribution in [0.1, 0.15) is 0 Å². The van der Waals surface area contributed by atoms with Crippen molar-refractivity contribution in [2.45, 2.75) is 14.7 Å². The topological polar surface area (TPSA) is 257 Å². The normalized spacial score (nSPS) is 12.7. The first-order chi connectivity index (χ1) is 22.6. The molecule has 0 aliphatic rings. The molecule has 0 saturated carbocycles. The number of ether oxygens (including phenoxy) is 1. The van der Waals surface area contributed by atoms with E-state index in [2.05, 4.69) is 19.3 Å². The minimum absolute atomic E-state index is 0.0677. The van der Waals surface area contributed by atoms with Crippen LogP contribution in [0.3, 0.4) is 0 Å². The highest BCUT2D eigenvalue weighted by atomic mass is 32.2. The standard InChI is InChI=1S/C29H16N2O14S3/c1-43-18-8-16-20(29(35)15-7-11(47(37,38)39)3-5-13(15)26(16)32)24-22(18)30-25-21-17(9-19(23(25)31-24)48(40,41)42)27(33)12-4-2-10(46-45-44-36)6-14(12)28(21)34/h2-9,30-31,36H,1H3,(H,37,38,39)(H,40,41,42). The third-order valence-corrected chi connectivity index (χ3v) is 10.2. The minimum Gasteiger partial charge on any atom is -0.494 e. The predicted octanol–water partition coefficient (Wildman–Crippen LogP) is 3.07. The van der Waals surface area contributed by atoms with Crippen LogP contribution in [0.5, 0.6) is 5.75 Å². The summed E-state index contributed by atoms with van der Waals surface area (Å²) in [5.74, 6) is -0.0677. The third-order valence-electron chi connectivity index (χ3n) is 7.94. The third kappa shape index (κ3) is 4.64. The van der Waals surface area contributed by atoms with Gasteiger partial charge < -0.3 is 14.7 Å². The molecule has 6 aromatic carbocycles. The molecule has 0 spiro atoms. The smallest absolute Gasteiger partial charge is 0.296 e. The fourth-order valence-corrected chi connectivity index (χ4v) is 7.49. The van der Waals surface area contributed by atoms with Gasteiger partial charge in [-0.15, -0.1) is 4.33 Å². The molecule has 5 N–H and O–H groups in total. The molecule has 7 rings (SSSR count). The lowest BCUT2D eigenvalue weighted by atomic mass is 9.99. The van der Waals surface area contributed by atoms with Crippen LogP contribution >= 0.6 is 12.0 Å². The number of H-pyrrole nitrogens is 2. The first kappa shape index (κ1) is 31.6. The van der Waals surface area contributed by atoms with Gasteiger partial charge in [-0.3, -0.25) is 28.3 Å². The fourth-order valence-electron chi connectivity index (χ4n) is 5.90. The average Bonchev–Trinajstić information content (AvgIpc) is 3.05. The lowest BCUT2D eigenvalue weighted by molar-refractivity contribution is -0.432. The zero-order valence-corrected chi connectivity index (χ0v) is 26.1. The maximum Gasteiger partial charge on any atom is 0.296 e. The molecule has 0 aliphatic carbocycles. The van der Waals surface area contributed by atoms with Gasteiger partial charge in [0.2, 0.25) is 0 Å². The van der Waals surface area contributed by atoms with Gasteiger partial charge >= 0.3 is 0 Å². The molecule has 19 heteroatoms. The Kier molecular flexibility index (Phi) is 7.09. The largest absolute Gasteiger partial charge is 0.494 e. The van der Waals surface area contributed by atoms with Crippen LogP contribution in [0.25, 0.3) is 65.2 Å². The lowest BCUT2D eigenvalue weighted by Crippen LogP contribution is -2.17. The molecule has 0 fully saturated rings. The van der Waals surface area contributed by atoms with Gasteiger partial charge in [-0.1, -0.05) is 5.04 Å². The van der Waals surface area contributed by atoms with Gasteiger partial charge in [0.25, 0.3) is 20.2 Å². The van der Waals surface area contributed by atoms with Gasteiger partial charge in [-0.25, -0.2) is 5.26 Å². The number of aromatic nitrogens is 2. The predicted molar refractivity (Wildman–Crippen MR) is 173 cm³/mol. The van der Waals surface area contributed by atoms with Crippen molar-refractivity contribution in [1.29, 1.82) is 0 Å². The number of aromatic amines is 2. The zero-order valence-electron chi connectivity index (χ0n) is 23.7. The summed E-state index contributed by atoms with van der Waals surface area (Å²) in [5, 5.41) is 10.0. The SMILES string of the molecule is COc1cc2c(=O)c3ccc(S(=O)(=O)O)cc3c(=O)c2c2[nH]c3c(S(=O)(=O)O)cc4c(=O)c5ccc(SOOO)cc5c(=O)c4c3[nH]c12. The number of hydrogen-bond acceptors (Lipinski definition) is 13. The molecular formula is C29H16N2O14S3. The Morgan fingerprint density at radius 3 is 1.77 bits per heavy atom. The number of rotatable bonds is 6. The van der Waals surface area contributed by atoms with Gasteiger partial charge in [0.15, 0.2) is 21.7 Å². The Morgan fingerprint density at radius 2 is 1.19 bits per heavy atom. The molecule has 48 heavy (non-hydrogen) atoms. The fraction of sp³-hybridized carbons (Fsp3) is 0.0345. The molecule has 1 heterocycles. The summed E-state index contributed by atoms with van der Waals surface area (Å²) in [4.78, 5) is 59.5. The molecular weight excluding hydrogens is 697 g/mol. The molecule has 0 unspecified atom stereocenters. The zero-order chi connectivity index (χ0) is 34.4. The van der Waals surface area contributed by atoms with Crippen molar-refractivity contribution in [1.82, 2.24) is 9.97 Å². The lowest BCUT2D eigenvalue weighted by Gasteiger charge is -2.15. The first-order valence-corrected chi connectivity index (χ1v) is 16.8. The molecule has 244 valence electrons. The minimum atomic E-state index is -5.15. The van der Waals surface area contributed by atoms with E-state index < -0.39 is 57.3 Å². The van der Waals surface area contributed by atoms with Crippen LogP contribution in [0.15, 0.2) is 82.4 Å². The molecule has 0 aliphatic heterocycles. The van der Waals surface area contributed by atoms with Crippen LogP contribution in [-0.4, -0.2) is 48.3 Å². The first-order valence-electron chi connectivity index (χ1n) is 13.2. The second-order valence-electron chi connectivity index (χ2n) is 10.5. The highest BCUT2D eigenvalue weighted by Crippen LogP contribution is 2.35. The summed E-state index contributed by atoms with van der Waals surface area (Å²) in [5.41, 5.74) is -4.27. The van der Waals surface area contributed by atoms with Crippen molar-refractivity contribution in [3.63, 3.8) is 0 Å². The summed E-state index contributed by atoms with van der Waals surface area (Å²) in [6.45, 7) is 0. The van der Waals surface area contributed by atoms with Gasteiger partial charge in [0.1, 0.15) is 16.2 Å². The summed E-state index contributed by atoms with van der Waals surface area (Å²) in [7, 11) is -8.70. The molecule has 7 aromatic rings. The molecule has 0 saturated heterocycles. The molecule has 0 bridgehead atoms. The maximum atomic E-state index is 14.0. The molecule has 0 radical (unpaired) electrons. The summed E-state index contributed by atoms with van der Waals surface area (Å²) in [6.07, 6.45) is 0. The molecule has 0 atom stereocenters. The van der Waals surface area contributed by atoms with Crippen LogP contribution in [0.4, 0.5) is 0 Å². The van der Waals surface area contributed by atoms with E-state index >= 15 is 0 Å². The Labute approximate surface area is 269 Å². The van der Waals surface area contributed by atoms with E-state index in [4.69, 9.17) is 9.99 Å². The number of benzene rings is 6. The van der Waals surface area contributed by atoms with Crippen LogP contribution in [0, 0.1) is 0 Å². The summed E-state index contributed by atoms with van der Waals surface area (Å²) >= 11 is 0.519. The van der Waals surface area contributed by atoms with Crippen molar-refractivity contribution in [2.75, 3.05) is 7.11 Å². The van der Waals surface area contributed by atoms with Crippen molar-refractivity contribution in [2.24, 2.45) is 0 Å². The maximum absolute atomic E-state index is 14.0. The monoisotopic (exact) mass is 712 g/mol. The van der Waals surface area contributed by atoms with E-state index in [0.29, 0.717) is 12.0 Å². The van der Waals surface area contributed by atoms with Gasteiger partial charge in [0.05, 0.1) is 51.4 Å². The number of methoxy groups -OCH3 is 1. The van der Waals surface area contributed by atoms with Crippen molar-refractivity contribution >= 4 is 97.4 Å². The van der Waals surface area contributed by atoms with Gasteiger partial charge in [0, 0.05) is 37.2 Å². The Bertz CT molecular complexity index is 3070. The Hall–Kier alpha value is -4.99. The quantitative estimate of drug-likeness (QED) is 0.0415. The van der Waals surface area contributed by atoms with Crippen LogP contribution < -0.4 is 26.5 Å². The van der Waals surface area contributed by atoms with Crippen molar-refractivity contribution in [3.05, 3.63) is 89.4 Å². The molecule has 16 nitrogen and oxygen atoms in total. The highest BCUT2D eigenvalue weighted by Gasteiger charge is 2.25. The highest BCUT2D eigenvalue weighted by molar-refractivity contribution is 7.94. The van der Waals surface area contributed by atoms with E-state index in [-0.39, 0.29) is 70.3 Å². The number of hydrogen-bond donors (Lipinski definition) is 5. The number of fused-ring (bicyclic) bond motifs is 8. The number of nitrogens with one attached hydrogen (secondary N) is 2. The van der Waals surface area contributed by atoms with Crippen molar-refractivity contribution < 1.29 is 45.3 Å². The molecule has 0 amide bonds. The van der Waals surface area contributed by atoms with E-state index in [1.54, 1.807) is 0 Å². The Morgan fingerprint density at radius 1 is 0.625 bits per heavy atom.